The number of amides is 1. The van der Waals surface area contributed by atoms with E-state index in [4.69, 9.17) is 9.40 Å². The third-order valence-corrected chi connectivity index (χ3v) is 6.40. The number of carbonyl (C=O) groups excluding carboxylic acids is 1. The highest BCUT2D eigenvalue weighted by atomic mass is 16.3. The van der Waals surface area contributed by atoms with Gasteiger partial charge in [-0.2, -0.15) is 0 Å². The van der Waals surface area contributed by atoms with Crippen molar-refractivity contribution in [3.8, 4) is 22.3 Å². The molecule has 5 heterocycles. The number of H-pyrrole nitrogens is 1. The molecule has 0 fully saturated rings. The van der Waals surface area contributed by atoms with Gasteiger partial charge in [0, 0.05) is 57.9 Å². The van der Waals surface area contributed by atoms with Gasteiger partial charge in [0.2, 0.25) is 5.91 Å². The maximum Gasteiger partial charge on any atom is 0.229 e. The summed E-state index contributed by atoms with van der Waals surface area (Å²) in [6.45, 7) is 6.35. The Morgan fingerprint density at radius 3 is 2.65 bits per heavy atom. The van der Waals surface area contributed by atoms with Gasteiger partial charge in [0.05, 0.1) is 36.1 Å². The fourth-order valence-electron chi connectivity index (χ4n) is 4.37. The Morgan fingerprint density at radius 2 is 1.84 bits per heavy atom. The van der Waals surface area contributed by atoms with E-state index in [0.29, 0.717) is 12.2 Å². The lowest BCUT2D eigenvalue weighted by Gasteiger charge is -2.20. The molecule has 184 valence electrons. The molecule has 3 N–H and O–H groups in total. The van der Waals surface area contributed by atoms with Crippen LogP contribution in [0.4, 0.5) is 11.4 Å². The minimum absolute atomic E-state index is 0.0551. The summed E-state index contributed by atoms with van der Waals surface area (Å²) in [6.07, 6.45) is 12.5. The lowest BCUT2D eigenvalue weighted by molar-refractivity contribution is -0.123. The number of nitrogens with zero attached hydrogens (tertiary/aromatic N) is 3. The number of carbonyl (C=O) groups is 1. The predicted molar refractivity (Wildman–Crippen MR) is 145 cm³/mol. The molecule has 0 aliphatic carbocycles. The van der Waals surface area contributed by atoms with Crippen LogP contribution in [-0.2, 0) is 4.79 Å². The number of aromatic amines is 1. The number of aromatic nitrogens is 4. The lowest BCUT2D eigenvalue weighted by atomic mass is 9.94. The Kier molecular flexibility index (Phi) is 5.37. The van der Waals surface area contributed by atoms with Crippen molar-refractivity contribution >= 4 is 33.9 Å². The molecule has 1 aliphatic rings. The molecule has 0 saturated heterocycles. The number of nitrogens with one attached hydrogen (secondary N) is 3. The van der Waals surface area contributed by atoms with Crippen LogP contribution in [0.2, 0.25) is 0 Å². The van der Waals surface area contributed by atoms with Gasteiger partial charge in [-0.1, -0.05) is 32.9 Å². The van der Waals surface area contributed by atoms with Crippen LogP contribution in [0.3, 0.4) is 0 Å². The van der Waals surface area contributed by atoms with E-state index in [1.165, 1.54) is 0 Å². The van der Waals surface area contributed by atoms with Gasteiger partial charge in [0.15, 0.2) is 0 Å². The first-order valence-corrected chi connectivity index (χ1v) is 12.1. The second-order valence-corrected chi connectivity index (χ2v) is 10.1. The minimum Gasteiger partial charge on any atom is -0.472 e. The van der Waals surface area contributed by atoms with Gasteiger partial charge in [0.1, 0.15) is 11.3 Å². The number of anilines is 2. The van der Waals surface area contributed by atoms with Crippen LogP contribution in [0.1, 0.15) is 32.2 Å². The van der Waals surface area contributed by atoms with E-state index in [-0.39, 0.29) is 5.91 Å². The van der Waals surface area contributed by atoms with Crippen LogP contribution in [0.5, 0.6) is 0 Å². The molecule has 0 bridgehead atoms. The Morgan fingerprint density at radius 1 is 0.973 bits per heavy atom. The first-order chi connectivity index (χ1) is 17.9. The van der Waals surface area contributed by atoms with Crippen LogP contribution >= 0.6 is 0 Å². The number of pyridine rings is 2. The summed E-state index contributed by atoms with van der Waals surface area (Å²) in [5, 5.41) is 6.42. The van der Waals surface area contributed by atoms with E-state index in [2.05, 4.69) is 49.9 Å². The standard InChI is InChI=1S/C29H26N6O2/c1-29(2,3)28(36)33-20-10-19(12-30-13-20)17-4-5-24-22(11-17)21(6-8-32-24)27-34-25-15-31-14-23(26(25)35-27)18-7-9-37-16-18/h4-7,9-16,32H,8H2,1-3H3,(H,33,36)(H,34,35). The first-order valence-electron chi connectivity index (χ1n) is 12.1. The third-order valence-electron chi connectivity index (χ3n) is 6.40. The Labute approximate surface area is 213 Å². The maximum absolute atomic E-state index is 12.5. The molecule has 6 rings (SSSR count). The van der Waals surface area contributed by atoms with Gasteiger partial charge in [-0.05, 0) is 29.8 Å². The lowest BCUT2D eigenvalue weighted by Crippen LogP contribution is -2.27. The molecule has 4 aromatic heterocycles. The topological polar surface area (TPSA) is 109 Å². The SMILES string of the molecule is CC(C)(C)C(=O)Nc1cncc(-c2ccc3c(c2)C(c2nc4c(-c5ccoc5)cncc4[nH]2)=CCN3)c1. The maximum atomic E-state index is 12.5. The van der Waals surface area contributed by atoms with Crippen molar-refractivity contribution < 1.29 is 9.21 Å². The van der Waals surface area contributed by atoms with E-state index in [9.17, 15) is 4.79 Å². The van der Waals surface area contributed by atoms with Crippen molar-refractivity contribution in [3.63, 3.8) is 0 Å². The van der Waals surface area contributed by atoms with Gasteiger partial charge in [0.25, 0.3) is 0 Å². The Hall–Kier alpha value is -4.72. The van der Waals surface area contributed by atoms with Crippen molar-refractivity contribution in [2.45, 2.75) is 20.8 Å². The monoisotopic (exact) mass is 490 g/mol. The van der Waals surface area contributed by atoms with Gasteiger partial charge in [-0.15, -0.1) is 0 Å². The molecule has 1 amide bonds. The zero-order valence-electron chi connectivity index (χ0n) is 20.8. The quantitative estimate of drug-likeness (QED) is 0.280. The molecule has 0 atom stereocenters. The second-order valence-electron chi connectivity index (χ2n) is 10.1. The average Bonchev–Trinajstić information content (AvgIpc) is 3.58. The number of rotatable bonds is 4. The number of benzene rings is 1. The van der Waals surface area contributed by atoms with E-state index in [0.717, 1.165) is 55.9 Å². The molecule has 5 aromatic rings. The van der Waals surface area contributed by atoms with Crippen molar-refractivity contribution in [1.29, 1.82) is 0 Å². The number of hydrogen-bond acceptors (Lipinski definition) is 6. The largest absolute Gasteiger partial charge is 0.472 e. The van der Waals surface area contributed by atoms with Gasteiger partial charge >= 0.3 is 0 Å². The van der Waals surface area contributed by atoms with E-state index in [1.807, 2.05) is 32.9 Å². The summed E-state index contributed by atoms with van der Waals surface area (Å²) in [5.41, 5.74) is 8.70. The number of hydrogen-bond donors (Lipinski definition) is 3. The van der Waals surface area contributed by atoms with Crippen molar-refractivity contribution in [1.82, 2.24) is 19.9 Å². The first kappa shape index (κ1) is 22.7. The fourth-order valence-corrected chi connectivity index (χ4v) is 4.37. The molecule has 8 heteroatoms. The molecule has 0 radical (unpaired) electrons. The molecule has 0 spiro atoms. The summed E-state index contributed by atoms with van der Waals surface area (Å²) in [6, 6.07) is 10.1. The molecule has 1 aliphatic heterocycles. The summed E-state index contributed by atoms with van der Waals surface area (Å²) >= 11 is 0. The molecule has 8 nitrogen and oxygen atoms in total. The van der Waals surface area contributed by atoms with Crippen LogP contribution < -0.4 is 10.6 Å². The van der Waals surface area contributed by atoms with E-state index in [1.54, 1.807) is 37.3 Å². The normalized spacial score (nSPS) is 13.1. The molecule has 0 unspecified atom stereocenters. The summed E-state index contributed by atoms with van der Waals surface area (Å²) in [7, 11) is 0. The number of imidazole rings is 1. The zero-order valence-corrected chi connectivity index (χ0v) is 20.8. The van der Waals surface area contributed by atoms with Gasteiger partial charge in [-0.25, -0.2) is 4.98 Å². The van der Waals surface area contributed by atoms with Gasteiger partial charge < -0.3 is 20.0 Å². The summed E-state index contributed by atoms with van der Waals surface area (Å²) < 4.78 is 5.28. The van der Waals surface area contributed by atoms with Gasteiger partial charge in [-0.3, -0.25) is 14.8 Å². The predicted octanol–water partition coefficient (Wildman–Crippen LogP) is 6.12. The molecule has 0 saturated carbocycles. The van der Waals surface area contributed by atoms with Crippen molar-refractivity contribution in [2.75, 3.05) is 17.2 Å². The number of furan rings is 1. The molecule has 1 aromatic carbocycles. The molecular weight excluding hydrogens is 464 g/mol. The third kappa shape index (κ3) is 4.27. The van der Waals surface area contributed by atoms with E-state index >= 15 is 0 Å². The van der Waals surface area contributed by atoms with Crippen molar-refractivity contribution in [3.05, 3.63) is 85.1 Å². The highest BCUT2D eigenvalue weighted by Gasteiger charge is 2.22. The van der Waals surface area contributed by atoms with Crippen LogP contribution in [0.25, 0.3) is 38.9 Å². The summed E-state index contributed by atoms with van der Waals surface area (Å²) in [4.78, 5) is 29.7. The fraction of sp³-hybridized carbons (Fsp3) is 0.172. The van der Waals surface area contributed by atoms with E-state index < -0.39 is 5.41 Å². The van der Waals surface area contributed by atoms with Crippen LogP contribution in [-0.4, -0.2) is 32.4 Å². The van der Waals surface area contributed by atoms with Crippen LogP contribution in [0, 0.1) is 5.41 Å². The summed E-state index contributed by atoms with van der Waals surface area (Å²) in [5.74, 6) is 0.720. The molecular formula is C29H26N6O2. The van der Waals surface area contributed by atoms with Crippen molar-refractivity contribution in [2.24, 2.45) is 5.41 Å². The smallest absolute Gasteiger partial charge is 0.229 e. The molecule has 37 heavy (non-hydrogen) atoms. The highest BCUT2D eigenvalue weighted by molar-refractivity contribution is 5.96. The Balaban J connectivity index is 1.38. The minimum atomic E-state index is -0.493. The second kappa shape index (κ2) is 8.74. The average molecular weight is 491 g/mol. The number of fused-ring (bicyclic) bond motifs is 2. The highest BCUT2D eigenvalue weighted by Crippen LogP contribution is 2.37. The zero-order chi connectivity index (χ0) is 25.6. The van der Waals surface area contributed by atoms with Crippen LogP contribution in [0.15, 0.2) is 78.1 Å². The Bertz CT molecular complexity index is 1660.